The largest absolute Gasteiger partial charge is 0.273 e. The van der Waals surface area contributed by atoms with Gasteiger partial charge >= 0.3 is 0 Å². The maximum absolute atomic E-state index is 12.3. The Morgan fingerprint density at radius 2 is 1.89 bits per heavy atom. The van der Waals surface area contributed by atoms with Gasteiger partial charge in [-0.15, -0.1) is 11.3 Å². The number of amides is 2. The molecule has 2 aromatic heterocycles. The molecular formula is C20H28N4O2S2. The zero-order valence-electron chi connectivity index (χ0n) is 16.8. The van der Waals surface area contributed by atoms with Crippen LogP contribution < -0.4 is 10.9 Å². The first-order valence-electron chi connectivity index (χ1n) is 9.97. The number of thioether (sulfide) groups is 1. The van der Waals surface area contributed by atoms with Gasteiger partial charge in [-0.25, -0.2) is 9.97 Å². The smallest absolute Gasteiger partial charge is 0.248 e. The molecule has 6 nitrogen and oxygen atoms in total. The van der Waals surface area contributed by atoms with Crippen LogP contribution in [0.1, 0.15) is 61.7 Å². The average Bonchev–Trinajstić information content (AvgIpc) is 2.99. The second-order valence-electron chi connectivity index (χ2n) is 7.32. The van der Waals surface area contributed by atoms with Crippen LogP contribution >= 0.6 is 23.1 Å². The lowest BCUT2D eigenvalue weighted by molar-refractivity contribution is -0.131. The van der Waals surface area contributed by atoms with Crippen LogP contribution in [0.5, 0.6) is 0 Å². The molecule has 1 fully saturated rings. The minimum Gasteiger partial charge on any atom is -0.273 e. The van der Waals surface area contributed by atoms with E-state index in [1.807, 2.05) is 0 Å². The van der Waals surface area contributed by atoms with E-state index in [0.717, 1.165) is 59.6 Å². The van der Waals surface area contributed by atoms with Crippen LogP contribution in [0.3, 0.4) is 0 Å². The molecule has 0 bridgehead atoms. The van der Waals surface area contributed by atoms with Crippen molar-refractivity contribution in [2.75, 3.05) is 5.75 Å². The van der Waals surface area contributed by atoms with Crippen LogP contribution in [-0.4, -0.2) is 27.5 Å². The zero-order chi connectivity index (χ0) is 20.1. The Labute approximate surface area is 174 Å². The number of aryl methyl sites for hydroxylation is 3. The summed E-state index contributed by atoms with van der Waals surface area (Å²) in [7, 11) is 0. The van der Waals surface area contributed by atoms with Crippen LogP contribution in [0.2, 0.25) is 0 Å². The number of rotatable bonds is 6. The molecule has 1 saturated carbocycles. The van der Waals surface area contributed by atoms with Gasteiger partial charge in [0.2, 0.25) is 11.8 Å². The molecule has 2 amide bonds. The Bertz CT molecular complexity index is 859. The monoisotopic (exact) mass is 420 g/mol. The summed E-state index contributed by atoms with van der Waals surface area (Å²) in [6.45, 7) is 6.27. The number of carbonyl (C=O) groups excluding carboxylic acids is 2. The molecule has 0 saturated heterocycles. The predicted octanol–water partition coefficient (Wildman–Crippen LogP) is 4.08. The lowest BCUT2D eigenvalue weighted by Gasteiger charge is -2.20. The second kappa shape index (κ2) is 9.69. The van der Waals surface area contributed by atoms with Gasteiger partial charge in [0.1, 0.15) is 15.7 Å². The maximum Gasteiger partial charge on any atom is 0.248 e. The minimum absolute atomic E-state index is 0.0243. The third-order valence-corrected chi connectivity index (χ3v) is 7.23. The van der Waals surface area contributed by atoms with Crippen LogP contribution in [0, 0.1) is 19.8 Å². The van der Waals surface area contributed by atoms with E-state index in [4.69, 9.17) is 4.98 Å². The average molecular weight is 421 g/mol. The number of hydrogen-bond acceptors (Lipinski definition) is 6. The third-order valence-electron chi connectivity index (χ3n) is 5.16. The van der Waals surface area contributed by atoms with E-state index < -0.39 is 0 Å². The highest BCUT2D eigenvalue weighted by atomic mass is 32.2. The van der Waals surface area contributed by atoms with Gasteiger partial charge in [-0.3, -0.25) is 20.4 Å². The molecule has 8 heteroatoms. The zero-order valence-corrected chi connectivity index (χ0v) is 18.4. The van der Waals surface area contributed by atoms with Crippen molar-refractivity contribution in [1.29, 1.82) is 0 Å². The first kappa shape index (κ1) is 21.0. The summed E-state index contributed by atoms with van der Waals surface area (Å²) in [5, 5.41) is 1.90. The van der Waals surface area contributed by atoms with E-state index in [0.29, 0.717) is 0 Å². The molecule has 1 aliphatic rings. The quantitative estimate of drug-likeness (QED) is 0.418. The molecule has 2 heterocycles. The van der Waals surface area contributed by atoms with Gasteiger partial charge < -0.3 is 0 Å². The normalized spacial score (nSPS) is 15.0. The summed E-state index contributed by atoms with van der Waals surface area (Å²) in [5.41, 5.74) is 6.33. The van der Waals surface area contributed by atoms with E-state index in [-0.39, 0.29) is 23.5 Å². The van der Waals surface area contributed by atoms with E-state index in [2.05, 4.69) is 36.6 Å². The lowest BCUT2D eigenvalue weighted by Crippen LogP contribution is -2.45. The van der Waals surface area contributed by atoms with Gasteiger partial charge in [0.25, 0.3) is 0 Å². The van der Waals surface area contributed by atoms with Crippen molar-refractivity contribution in [3.63, 3.8) is 0 Å². The molecule has 28 heavy (non-hydrogen) atoms. The molecule has 0 unspecified atom stereocenters. The van der Waals surface area contributed by atoms with Gasteiger partial charge in [-0.1, -0.05) is 37.9 Å². The molecule has 2 aromatic rings. The van der Waals surface area contributed by atoms with Crippen molar-refractivity contribution in [1.82, 2.24) is 20.8 Å². The van der Waals surface area contributed by atoms with Crippen molar-refractivity contribution in [3.05, 3.63) is 16.3 Å². The molecule has 152 valence electrons. The molecule has 1 aliphatic carbocycles. The number of thiophene rings is 1. The highest BCUT2D eigenvalue weighted by Crippen LogP contribution is 2.35. The highest BCUT2D eigenvalue weighted by molar-refractivity contribution is 8.00. The second-order valence-corrected chi connectivity index (χ2v) is 9.49. The summed E-state index contributed by atoms with van der Waals surface area (Å²) in [5.74, 6) is 0.761. The van der Waals surface area contributed by atoms with Gasteiger partial charge in [0, 0.05) is 22.6 Å². The minimum atomic E-state index is -0.220. The van der Waals surface area contributed by atoms with Crippen LogP contribution in [-0.2, 0) is 16.0 Å². The number of nitrogens with one attached hydrogen (secondary N) is 2. The molecule has 2 N–H and O–H groups in total. The number of carbonyl (C=O) groups is 2. The van der Waals surface area contributed by atoms with Crippen molar-refractivity contribution in [3.8, 4) is 0 Å². The van der Waals surface area contributed by atoms with E-state index in [1.54, 1.807) is 11.3 Å². The van der Waals surface area contributed by atoms with Crippen molar-refractivity contribution < 1.29 is 9.59 Å². The van der Waals surface area contributed by atoms with E-state index >= 15 is 0 Å². The lowest BCUT2D eigenvalue weighted by atomic mass is 9.89. The fourth-order valence-electron chi connectivity index (χ4n) is 3.46. The summed E-state index contributed by atoms with van der Waals surface area (Å²) in [6.07, 6.45) is 6.99. The Hall–Kier alpha value is -1.67. The Balaban J connectivity index is 1.62. The number of aromatic nitrogens is 2. The molecule has 3 rings (SSSR count). The van der Waals surface area contributed by atoms with E-state index in [9.17, 15) is 9.59 Å². The van der Waals surface area contributed by atoms with Crippen molar-refractivity contribution >= 4 is 45.1 Å². The maximum atomic E-state index is 12.3. The first-order chi connectivity index (χ1) is 13.5. The number of hydrogen-bond donors (Lipinski definition) is 2. The Morgan fingerprint density at radius 1 is 1.14 bits per heavy atom. The van der Waals surface area contributed by atoms with Crippen molar-refractivity contribution in [2.45, 2.75) is 70.7 Å². The fraction of sp³-hybridized carbons (Fsp3) is 0.600. The Kier molecular flexibility index (Phi) is 7.29. The van der Waals surface area contributed by atoms with Gasteiger partial charge in [-0.2, -0.15) is 0 Å². The molecular weight excluding hydrogens is 392 g/mol. The van der Waals surface area contributed by atoms with Crippen molar-refractivity contribution in [2.24, 2.45) is 5.92 Å². The highest BCUT2D eigenvalue weighted by Gasteiger charge is 2.21. The molecule has 0 aliphatic heterocycles. The van der Waals surface area contributed by atoms with Crippen LogP contribution in [0.15, 0.2) is 5.03 Å². The molecule has 0 spiro atoms. The topological polar surface area (TPSA) is 84.0 Å². The molecule has 0 radical (unpaired) electrons. The number of fused-ring (bicyclic) bond motifs is 1. The summed E-state index contributed by atoms with van der Waals surface area (Å²) in [4.78, 5) is 36.0. The summed E-state index contributed by atoms with van der Waals surface area (Å²) in [6, 6.07) is 0. The van der Waals surface area contributed by atoms with Gasteiger partial charge in [0.15, 0.2) is 0 Å². The Morgan fingerprint density at radius 3 is 2.61 bits per heavy atom. The van der Waals surface area contributed by atoms with E-state index in [1.165, 1.54) is 28.6 Å². The van der Waals surface area contributed by atoms with Crippen LogP contribution in [0.4, 0.5) is 0 Å². The van der Waals surface area contributed by atoms with Gasteiger partial charge in [-0.05, 0) is 38.7 Å². The SMILES string of the molecule is CCCc1nc(SCC(=O)NNC(=O)C2CCCCC2)c2c(C)c(C)sc2n1. The van der Waals surface area contributed by atoms with Crippen LogP contribution in [0.25, 0.3) is 10.2 Å². The predicted molar refractivity (Wildman–Crippen MR) is 114 cm³/mol. The number of nitrogens with zero attached hydrogens (tertiary/aromatic N) is 2. The molecule has 0 aromatic carbocycles. The third kappa shape index (κ3) is 5.03. The summed E-state index contributed by atoms with van der Waals surface area (Å²) < 4.78 is 0. The standard InChI is InChI=1S/C20H28N4O2S2/c1-4-8-15-21-19(17-12(2)13(3)28-20(17)22-15)27-11-16(25)23-24-18(26)14-9-6-5-7-10-14/h14H,4-11H2,1-3H3,(H,23,25)(H,24,26). The summed E-state index contributed by atoms with van der Waals surface area (Å²) >= 11 is 3.08. The number of hydrazine groups is 1. The molecule has 0 atom stereocenters. The first-order valence-corrected chi connectivity index (χ1v) is 11.8. The fourth-order valence-corrected chi connectivity index (χ4v) is 5.48. The van der Waals surface area contributed by atoms with Gasteiger partial charge in [0.05, 0.1) is 5.75 Å².